The van der Waals surface area contributed by atoms with Crippen LogP contribution in [0.25, 0.3) is 0 Å². The summed E-state index contributed by atoms with van der Waals surface area (Å²) in [5.74, 6) is 0. The molecular formula is C17H29N3. The first-order chi connectivity index (χ1) is 9.60. The van der Waals surface area contributed by atoms with Crippen LogP contribution in [-0.2, 0) is 6.54 Å². The van der Waals surface area contributed by atoms with Crippen molar-refractivity contribution in [2.45, 2.75) is 44.3 Å². The molecule has 112 valence electrons. The van der Waals surface area contributed by atoms with Crippen LogP contribution in [0.1, 0.15) is 31.2 Å². The van der Waals surface area contributed by atoms with Gasteiger partial charge in [-0.05, 0) is 57.5 Å². The second-order valence-corrected chi connectivity index (χ2v) is 6.27. The first kappa shape index (κ1) is 15.3. The highest BCUT2D eigenvalue weighted by atomic mass is 15.1. The predicted octanol–water partition coefficient (Wildman–Crippen LogP) is 2.72. The highest BCUT2D eigenvalue weighted by molar-refractivity contribution is 5.45. The molecular weight excluding hydrogens is 246 g/mol. The van der Waals surface area contributed by atoms with E-state index in [0.717, 1.165) is 18.6 Å². The third kappa shape index (κ3) is 3.97. The van der Waals surface area contributed by atoms with Crippen molar-refractivity contribution in [1.82, 2.24) is 10.2 Å². The Morgan fingerprint density at radius 3 is 2.10 bits per heavy atom. The van der Waals surface area contributed by atoms with E-state index in [4.69, 9.17) is 0 Å². The molecule has 0 aromatic heterocycles. The van der Waals surface area contributed by atoms with Crippen molar-refractivity contribution in [1.29, 1.82) is 0 Å². The van der Waals surface area contributed by atoms with Crippen molar-refractivity contribution in [3.63, 3.8) is 0 Å². The number of hydrogen-bond acceptors (Lipinski definition) is 3. The minimum Gasteiger partial charge on any atom is -0.378 e. The molecule has 0 heterocycles. The second kappa shape index (κ2) is 7.09. The molecule has 1 aliphatic carbocycles. The molecule has 1 aromatic rings. The Morgan fingerprint density at radius 1 is 1.00 bits per heavy atom. The molecule has 1 saturated carbocycles. The number of nitrogens with one attached hydrogen (secondary N) is 1. The van der Waals surface area contributed by atoms with Gasteiger partial charge < -0.3 is 10.2 Å². The molecule has 0 saturated heterocycles. The third-order valence-electron chi connectivity index (χ3n) is 4.61. The molecule has 20 heavy (non-hydrogen) atoms. The average Bonchev–Trinajstić information content (AvgIpc) is 2.48. The Hall–Kier alpha value is -1.06. The molecule has 0 bridgehead atoms. The SMILES string of the molecule is CNC1CCC(N(C)Cc2ccc(N(C)C)cc2)CC1. The van der Waals surface area contributed by atoms with Gasteiger partial charge >= 0.3 is 0 Å². The van der Waals surface area contributed by atoms with Gasteiger partial charge in [0.25, 0.3) is 0 Å². The summed E-state index contributed by atoms with van der Waals surface area (Å²) in [6.45, 7) is 1.06. The van der Waals surface area contributed by atoms with Crippen LogP contribution in [0, 0.1) is 0 Å². The van der Waals surface area contributed by atoms with Crippen molar-refractivity contribution >= 4 is 5.69 Å². The van der Waals surface area contributed by atoms with E-state index in [0.29, 0.717) is 0 Å². The lowest BCUT2D eigenvalue weighted by Gasteiger charge is -2.34. The van der Waals surface area contributed by atoms with Gasteiger partial charge in [0, 0.05) is 38.4 Å². The minimum atomic E-state index is 0.735. The average molecular weight is 275 g/mol. The molecule has 3 nitrogen and oxygen atoms in total. The monoisotopic (exact) mass is 275 g/mol. The van der Waals surface area contributed by atoms with Crippen LogP contribution >= 0.6 is 0 Å². The summed E-state index contributed by atoms with van der Waals surface area (Å²) < 4.78 is 0. The van der Waals surface area contributed by atoms with Gasteiger partial charge in [-0.2, -0.15) is 0 Å². The molecule has 1 aliphatic rings. The Bertz CT molecular complexity index is 391. The van der Waals surface area contributed by atoms with Crippen molar-refractivity contribution in [2.75, 3.05) is 33.1 Å². The molecule has 0 radical (unpaired) electrons. The number of anilines is 1. The smallest absolute Gasteiger partial charge is 0.0361 e. The van der Waals surface area contributed by atoms with Crippen LogP contribution in [-0.4, -0.2) is 45.2 Å². The number of hydrogen-bond donors (Lipinski definition) is 1. The maximum Gasteiger partial charge on any atom is 0.0361 e. The van der Waals surface area contributed by atoms with Crippen LogP contribution in [0.15, 0.2) is 24.3 Å². The van der Waals surface area contributed by atoms with Gasteiger partial charge in [-0.25, -0.2) is 0 Å². The predicted molar refractivity (Wildman–Crippen MR) is 87.3 cm³/mol. The third-order valence-corrected chi connectivity index (χ3v) is 4.61. The standard InChI is InChI=1S/C17H29N3/c1-18-15-7-11-17(12-8-15)20(4)13-14-5-9-16(10-6-14)19(2)3/h5-6,9-10,15,17-18H,7-8,11-13H2,1-4H3. The largest absolute Gasteiger partial charge is 0.378 e. The fourth-order valence-corrected chi connectivity index (χ4v) is 3.12. The van der Waals surface area contributed by atoms with Gasteiger partial charge in [0.1, 0.15) is 0 Å². The van der Waals surface area contributed by atoms with E-state index in [1.807, 2.05) is 0 Å². The van der Waals surface area contributed by atoms with E-state index in [2.05, 4.69) is 67.6 Å². The van der Waals surface area contributed by atoms with Gasteiger partial charge in [-0.3, -0.25) is 4.90 Å². The lowest BCUT2D eigenvalue weighted by Crippen LogP contribution is -2.39. The Kier molecular flexibility index (Phi) is 5.44. The van der Waals surface area contributed by atoms with Crippen molar-refractivity contribution in [3.8, 4) is 0 Å². The molecule has 0 amide bonds. The van der Waals surface area contributed by atoms with Gasteiger partial charge in [0.15, 0.2) is 0 Å². The van der Waals surface area contributed by atoms with Gasteiger partial charge in [-0.1, -0.05) is 12.1 Å². The van der Waals surface area contributed by atoms with Crippen LogP contribution in [0.3, 0.4) is 0 Å². The Labute approximate surface area is 124 Å². The van der Waals surface area contributed by atoms with Crippen molar-refractivity contribution in [3.05, 3.63) is 29.8 Å². The number of benzene rings is 1. The number of rotatable bonds is 5. The maximum atomic E-state index is 3.41. The maximum absolute atomic E-state index is 3.41. The summed E-state index contributed by atoms with van der Waals surface area (Å²) in [5.41, 5.74) is 2.68. The highest BCUT2D eigenvalue weighted by Gasteiger charge is 2.22. The van der Waals surface area contributed by atoms with E-state index in [1.165, 1.54) is 36.9 Å². The fourth-order valence-electron chi connectivity index (χ4n) is 3.12. The van der Waals surface area contributed by atoms with E-state index < -0.39 is 0 Å². The minimum absolute atomic E-state index is 0.735. The lowest BCUT2D eigenvalue weighted by atomic mass is 9.90. The molecule has 0 unspecified atom stereocenters. The molecule has 1 N–H and O–H groups in total. The highest BCUT2D eigenvalue weighted by Crippen LogP contribution is 2.23. The first-order valence-electron chi connectivity index (χ1n) is 7.74. The summed E-state index contributed by atoms with van der Waals surface area (Å²) in [7, 11) is 8.52. The van der Waals surface area contributed by atoms with E-state index in [1.54, 1.807) is 0 Å². The summed E-state index contributed by atoms with van der Waals surface area (Å²) in [6.07, 6.45) is 5.26. The molecule has 3 heteroatoms. The molecule has 0 spiro atoms. The number of nitrogens with zero attached hydrogens (tertiary/aromatic N) is 2. The van der Waals surface area contributed by atoms with Crippen LogP contribution in [0.2, 0.25) is 0 Å². The topological polar surface area (TPSA) is 18.5 Å². The quantitative estimate of drug-likeness (QED) is 0.891. The lowest BCUT2D eigenvalue weighted by molar-refractivity contribution is 0.170. The van der Waals surface area contributed by atoms with E-state index in [-0.39, 0.29) is 0 Å². The first-order valence-corrected chi connectivity index (χ1v) is 7.74. The molecule has 0 atom stereocenters. The van der Waals surface area contributed by atoms with Crippen LogP contribution < -0.4 is 10.2 Å². The zero-order valence-electron chi connectivity index (χ0n) is 13.4. The van der Waals surface area contributed by atoms with Crippen LogP contribution in [0.4, 0.5) is 5.69 Å². The van der Waals surface area contributed by atoms with E-state index >= 15 is 0 Å². The van der Waals surface area contributed by atoms with Gasteiger partial charge in [0.05, 0.1) is 0 Å². The van der Waals surface area contributed by atoms with Crippen LogP contribution in [0.5, 0.6) is 0 Å². The van der Waals surface area contributed by atoms with Crippen molar-refractivity contribution in [2.24, 2.45) is 0 Å². The zero-order chi connectivity index (χ0) is 14.5. The fraction of sp³-hybridized carbons (Fsp3) is 0.647. The molecule has 2 rings (SSSR count). The summed E-state index contributed by atoms with van der Waals surface area (Å²) >= 11 is 0. The zero-order valence-corrected chi connectivity index (χ0v) is 13.4. The molecule has 0 aliphatic heterocycles. The normalized spacial score (nSPS) is 23.1. The summed E-state index contributed by atoms with van der Waals surface area (Å²) in [5, 5.41) is 3.41. The summed E-state index contributed by atoms with van der Waals surface area (Å²) in [6, 6.07) is 10.4. The molecule has 1 aromatic carbocycles. The Balaban J connectivity index is 1.86. The summed E-state index contributed by atoms with van der Waals surface area (Å²) in [4.78, 5) is 4.67. The van der Waals surface area contributed by atoms with E-state index in [9.17, 15) is 0 Å². The van der Waals surface area contributed by atoms with Crippen molar-refractivity contribution < 1.29 is 0 Å². The van der Waals surface area contributed by atoms with Gasteiger partial charge in [0.2, 0.25) is 0 Å². The van der Waals surface area contributed by atoms with Gasteiger partial charge in [-0.15, -0.1) is 0 Å². The molecule has 1 fully saturated rings. The Morgan fingerprint density at radius 2 is 1.60 bits per heavy atom. The second-order valence-electron chi connectivity index (χ2n) is 6.27.